The number of fused-ring (bicyclic) bond motifs is 1. The van der Waals surface area contributed by atoms with E-state index >= 15 is 0 Å². The van der Waals surface area contributed by atoms with Crippen LogP contribution in [0.25, 0.3) is 6.08 Å². The Morgan fingerprint density at radius 2 is 2.12 bits per heavy atom. The quantitative estimate of drug-likeness (QED) is 0.831. The fourth-order valence-corrected chi connectivity index (χ4v) is 2.80. The Hall–Kier alpha value is -2.50. The van der Waals surface area contributed by atoms with Crippen molar-refractivity contribution in [1.29, 1.82) is 0 Å². The minimum Gasteiger partial charge on any atom is -0.497 e. The first kappa shape index (κ1) is 17.3. The van der Waals surface area contributed by atoms with Gasteiger partial charge in [0.05, 0.1) is 12.8 Å². The zero-order valence-corrected chi connectivity index (χ0v) is 14.6. The molecule has 6 heteroatoms. The van der Waals surface area contributed by atoms with Gasteiger partial charge in [-0.3, -0.25) is 4.79 Å². The summed E-state index contributed by atoms with van der Waals surface area (Å²) < 4.78 is 11.0. The molecule has 2 N–H and O–H groups in total. The number of halogens is 1. The van der Waals surface area contributed by atoms with E-state index in [-0.39, 0.29) is 11.7 Å². The van der Waals surface area contributed by atoms with E-state index < -0.39 is 0 Å². The maximum absolute atomic E-state index is 12.9. The van der Waals surface area contributed by atoms with Crippen molar-refractivity contribution in [2.75, 3.05) is 25.1 Å². The lowest BCUT2D eigenvalue weighted by atomic mass is 10.1. The number of rotatable bonds is 5. The molecular formula is C19H19ClN2O3. The monoisotopic (exact) mass is 358 g/mol. The fraction of sp³-hybridized carbons (Fsp3) is 0.211. The van der Waals surface area contributed by atoms with E-state index in [4.69, 9.17) is 26.8 Å². The molecule has 0 spiro atoms. The van der Waals surface area contributed by atoms with Crippen molar-refractivity contribution < 1.29 is 14.3 Å². The zero-order chi connectivity index (χ0) is 17.8. The summed E-state index contributed by atoms with van der Waals surface area (Å²) in [5, 5.41) is 0.549. The van der Waals surface area contributed by atoms with Crippen LogP contribution in [0.3, 0.4) is 0 Å². The molecule has 5 nitrogen and oxygen atoms in total. The van der Waals surface area contributed by atoms with Gasteiger partial charge in [-0.05, 0) is 54.9 Å². The van der Waals surface area contributed by atoms with Crippen LogP contribution in [-0.2, 0) is 4.79 Å². The van der Waals surface area contributed by atoms with E-state index in [0.717, 1.165) is 5.56 Å². The number of hydrogen-bond donors (Lipinski definition) is 1. The first-order valence-corrected chi connectivity index (χ1v) is 8.35. The van der Waals surface area contributed by atoms with Crippen molar-refractivity contribution in [2.45, 2.75) is 6.42 Å². The minimum absolute atomic E-state index is 0.217. The van der Waals surface area contributed by atoms with Crippen LogP contribution in [0, 0.1) is 0 Å². The van der Waals surface area contributed by atoms with Crippen LogP contribution in [-0.4, -0.2) is 26.1 Å². The highest BCUT2D eigenvalue weighted by molar-refractivity contribution is 6.31. The van der Waals surface area contributed by atoms with Crippen LogP contribution >= 0.6 is 11.6 Å². The SMILES string of the molecule is COc1cccc(/C=C2/Oc3ccc(Cl)cc3N(CCCN)C2=O)c1. The second-order valence-electron chi connectivity index (χ2n) is 5.60. The standard InChI is InChI=1S/C19H19ClN2O3/c1-24-15-5-2-4-13(10-15)11-18-19(23)22(9-3-8-21)16-12-14(20)6-7-17(16)25-18/h2,4-7,10-12H,3,8-9,21H2,1H3/b18-11+. The lowest BCUT2D eigenvalue weighted by Gasteiger charge is -2.30. The predicted molar refractivity (Wildman–Crippen MR) is 99.1 cm³/mol. The topological polar surface area (TPSA) is 64.8 Å². The third kappa shape index (κ3) is 3.78. The van der Waals surface area contributed by atoms with Gasteiger partial charge in [-0.2, -0.15) is 0 Å². The van der Waals surface area contributed by atoms with Crippen LogP contribution in [0.5, 0.6) is 11.5 Å². The summed E-state index contributed by atoms with van der Waals surface area (Å²) >= 11 is 6.08. The van der Waals surface area contributed by atoms with E-state index in [1.165, 1.54) is 0 Å². The van der Waals surface area contributed by atoms with Crippen LogP contribution in [0.4, 0.5) is 5.69 Å². The first-order valence-electron chi connectivity index (χ1n) is 7.97. The maximum Gasteiger partial charge on any atom is 0.294 e. The van der Waals surface area contributed by atoms with E-state index in [0.29, 0.717) is 41.7 Å². The van der Waals surface area contributed by atoms with Gasteiger partial charge in [0.25, 0.3) is 5.91 Å². The number of nitrogens with two attached hydrogens (primary N) is 1. The van der Waals surface area contributed by atoms with Crippen molar-refractivity contribution >= 4 is 29.3 Å². The normalized spacial score (nSPS) is 15.1. The van der Waals surface area contributed by atoms with Gasteiger partial charge < -0.3 is 20.1 Å². The number of methoxy groups -OCH3 is 1. The molecule has 3 rings (SSSR count). The van der Waals surface area contributed by atoms with Gasteiger partial charge in [0.1, 0.15) is 5.75 Å². The molecule has 0 atom stereocenters. The van der Waals surface area contributed by atoms with E-state index in [1.807, 2.05) is 24.3 Å². The molecule has 0 aromatic heterocycles. The number of ether oxygens (including phenoxy) is 2. The summed E-state index contributed by atoms with van der Waals surface area (Å²) in [6.45, 7) is 0.997. The van der Waals surface area contributed by atoms with Crippen LogP contribution < -0.4 is 20.1 Å². The number of anilines is 1. The average molecular weight is 359 g/mol. The number of amides is 1. The first-order chi connectivity index (χ1) is 12.1. The van der Waals surface area contributed by atoms with Gasteiger partial charge >= 0.3 is 0 Å². The average Bonchev–Trinajstić information content (AvgIpc) is 2.62. The molecular weight excluding hydrogens is 340 g/mol. The third-order valence-electron chi connectivity index (χ3n) is 3.87. The third-order valence-corrected chi connectivity index (χ3v) is 4.10. The van der Waals surface area contributed by atoms with Gasteiger partial charge in [-0.25, -0.2) is 0 Å². The number of hydrogen-bond acceptors (Lipinski definition) is 4. The van der Waals surface area contributed by atoms with Crippen molar-refractivity contribution in [3.63, 3.8) is 0 Å². The second-order valence-corrected chi connectivity index (χ2v) is 6.03. The summed E-state index contributed by atoms with van der Waals surface area (Å²) in [7, 11) is 1.60. The highest BCUT2D eigenvalue weighted by atomic mass is 35.5. The zero-order valence-electron chi connectivity index (χ0n) is 13.9. The summed E-state index contributed by atoms with van der Waals surface area (Å²) in [5.74, 6) is 1.34. The van der Waals surface area contributed by atoms with Gasteiger partial charge in [0.2, 0.25) is 0 Å². The number of carbonyl (C=O) groups is 1. The summed E-state index contributed by atoms with van der Waals surface area (Å²) in [6.07, 6.45) is 2.39. The molecule has 1 aliphatic rings. The molecule has 25 heavy (non-hydrogen) atoms. The van der Waals surface area contributed by atoms with Crippen molar-refractivity contribution in [3.8, 4) is 11.5 Å². The highest BCUT2D eigenvalue weighted by Gasteiger charge is 2.30. The lowest BCUT2D eigenvalue weighted by Crippen LogP contribution is -2.38. The second kappa shape index (κ2) is 7.59. The van der Waals surface area contributed by atoms with Crippen molar-refractivity contribution in [2.24, 2.45) is 5.73 Å². The van der Waals surface area contributed by atoms with E-state index in [2.05, 4.69) is 0 Å². The minimum atomic E-state index is -0.217. The molecule has 0 radical (unpaired) electrons. The van der Waals surface area contributed by atoms with Gasteiger partial charge in [0.15, 0.2) is 11.5 Å². The summed E-state index contributed by atoms with van der Waals surface area (Å²) in [6, 6.07) is 12.7. The molecule has 0 aliphatic carbocycles. The van der Waals surface area contributed by atoms with Gasteiger partial charge in [-0.15, -0.1) is 0 Å². The Morgan fingerprint density at radius 1 is 1.28 bits per heavy atom. The van der Waals surface area contributed by atoms with Crippen LogP contribution in [0.2, 0.25) is 5.02 Å². The Bertz CT molecular complexity index is 820. The molecule has 0 saturated heterocycles. The molecule has 1 amide bonds. The summed E-state index contributed by atoms with van der Waals surface area (Å²) in [5.41, 5.74) is 7.09. The molecule has 0 fully saturated rings. The van der Waals surface area contributed by atoms with Crippen molar-refractivity contribution in [1.82, 2.24) is 0 Å². The Kier molecular flexibility index (Phi) is 5.26. The molecule has 0 saturated carbocycles. The Morgan fingerprint density at radius 3 is 2.88 bits per heavy atom. The molecule has 2 aromatic rings. The number of carbonyl (C=O) groups excluding carboxylic acids is 1. The molecule has 1 aliphatic heterocycles. The van der Waals surface area contributed by atoms with Gasteiger partial charge in [-0.1, -0.05) is 23.7 Å². The van der Waals surface area contributed by atoms with Crippen molar-refractivity contribution in [3.05, 3.63) is 58.8 Å². The van der Waals surface area contributed by atoms with Crippen LogP contribution in [0.1, 0.15) is 12.0 Å². The Labute approximate surface area is 151 Å². The largest absolute Gasteiger partial charge is 0.497 e. The van der Waals surface area contributed by atoms with Crippen LogP contribution in [0.15, 0.2) is 48.2 Å². The number of benzene rings is 2. The predicted octanol–water partition coefficient (Wildman–Crippen LogP) is 3.46. The fourth-order valence-electron chi connectivity index (χ4n) is 2.64. The van der Waals surface area contributed by atoms with Gasteiger partial charge in [0, 0.05) is 11.6 Å². The summed E-state index contributed by atoms with van der Waals surface area (Å²) in [4.78, 5) is 14.5. The molecule has 130 valence electrons. The Balaban J connectivity index is 2.00. The maximum atomic E-state index is 12.9. The van der Waals surface area contributed by atoms with E-state index in [9.17, 15) is 4.79 Å². The number of nitrogens with zero attached hydrogens (tertiary/aromatic N) is 1. The van der Waals surface area contributed by atoms with E-state index in [1.54, 1.807) is 36.3 Å². The molecule has 2 aromatic carbocycles. The molecule has 0 bridgehead atoms. The smallest absolute Gasteiger partial charge is 0.294 e. The molecule has 0 unspecified atom stereocenters. The lowest BCUT2D eigenvalue weighted by molar-refractivity contribution is -0.117. The highest BCUT2D eigenvalue weighted by Crippen LogP contribution is 2.37. The molecule has 1 heterocycles.